The van der Waals surface area contributed by atoms with Crippen molar-refractivity contribution in [3.63, 3.8) is 0 Å². The molecule has 152 valence electrons. The van der Waals surface area contributed by atoms with Crippen LogP contribution in [0.2, 0.25) is 0 Å². The van der Waals surface area contributed by atoms with Crippen LogP contribution in [0.5, 0.6) is 17.2 Å². The summed E-state index contributed by atoms with van der Waals surface area (Å²) in [5.41, 5.74) is 0.478. The Kier molecular flexibility index (Phi) is 9.94. The number of rotatable bonds is 13. The van der Waals surface area contributed by atoms with Crippen LogP contribution in [-0.4, -0.2) is 31.4 Å². The molecule has 0 amide bonds. The minimum Gasteiger partial charge on any atom is -0.497 e. The average molecular weight is 386 g/mol. The maximum absolute atomic E-state index is 12.2. The van der Waals surface area contributed by atoms with Gasteiger partial charge in [-0.2, -0.15) is 0 Å². The van der Waals surface area contributed by atoms with Crippen molar-refractivity contribution in [3.8, 4) is 17.2 Å². The Morgan fingerprint density at radius 3 is 1.89 bits per heavy atom. The zero-order valence-corrected chi connectivity index (χ0v) is 16.6. The number of hydrogen-bond acceptors (Lipinski definition) is 5. The van der Waals surface area contributed by atoms with Gasteiger partial charge in [0, 0.05) is 6.61 Å². The molecule has 2 rings (SSSR count). The highest BCUT2D eigenvalue weighted by atomic mass is 16.5. The number of methoxy groups -OCH3 is 1. The number of carbonyl (C=O) groups is 1. The minimum absolute atomic E-state index is 0.297. The van der Waals surface area contributed by atoms with Gasteiger partial charge in [0.05, 0.1) is 19.3 Å². The Bertz CT molecular complexity index is 679. The van der Waals surface area contributed by atoms with E-state index in [-0.39, 0.29) is 0 Å². The molecule has 0 aliphatic carbocycles. The van der Waals surface area contributed by atoms with E-state index in [0.717, 1.165) is 31.4 Å². The van der Waals surface area contributed by atoms with E-state index >= 15 is 0 Å². The van der Waals surface area contributed by atoms with Gasteiger partial charge < -0.3 is 19.3 Å². The molecule has 1 N–H and O–H groups in total. The van der Waals surface area contributed by atoms with Gasteiger partial charge in [0.1, 0.15) is 17.2 Å². The number of aliphatic hydroxyl groups is 1. The molecule has 5 nitrogen and oxygen atoms in total. The van der Waals surface area contributed by atoms with Gasteiger partial charge in [0.15, 0.2) is 0 Å². The average Bonchev–Trinajstić information content (AvgIpc) is 2.73. The molecule has 0 saturated heterocycles. The first kappa shape index (κ1) is 21.8. The Morgan fingerprint density at radius 2 is 1.29 bits per heavy atom. The fourth-order valence-electron chi connectivity index (χ4n) is 2.78. The summed E-state index contributed by atoms with van der Waals surface area (Å²) < 4.78 is 16.2. The lowest BCUT2D eigenvalue weighted by Gasteiger charge is -2.08. The quantitative estimate of drug-likeness (QED) is 0.298. The molecule has 0 spiro atoms. The predicted molar refractivity (Wildman–Crippen MR) is 109 cm³/mol. The Labute approximate surface area is 167 Å². The maximum atomic E-state index is 12.2. The van der Waals surface area contributed by atoms with Crippen LogP contribution in [0.1, 0.15) is 55.3 Å². The fourth-order valence-corrected chi connectivity index (χ4v) is 2.78. The predicted octanol–water partition coefficient (Wildman–Crippen LogP) is 5.02. The maximum Gasteiger partial charge on any atom is 0.343 e. The highest BCUT2D eigenvalue weighted by Gasteiger charge is 2.09. The lowest BCUT2D eigenvalue weighted by atomic mass is 10.1. The second kappa shape index (κ2) is 12.8. The Balaban J connectivity index is 1.65. The molecular weight excluding hydrogens is 356 g/mol. The molecule has 0 heterocycles. The van der Waals surface area contributed by atoms with E-state index in [1.54, 1.807) is 55.6 Å². The van der Waals surface area contributed by atoms with E-state index in [9.17, 15) is 4.79 Å². The van der Waals surface area contributed by atoms with Gasteiger partial charge in [-0.1, -0.05) is 32.1 Å². The molecule has 0 saturated carbocycles. The molecule has 28 heavy (non-hydrogen) atoms. The molecule has 0 aliphatic rings. The van der Waals surface area contributed by atoms with Crippen molar-refractivity contribution in [1.82, 2.24) is 0 Å². The molecule has 2 aromatic carbocycles. The van der Waals surface area contributed by atoms with Gasteiger partial charge in [-0.3, -0.25) is 0 Å². The first-order valence-corrected chi connectivity index (χ1v) is 9.93. The van der Waals surface area contributed by atoms with Crippen molar-refractivity contribution in [2.24, 2.45) is 0 Å². The molecule has 0 atom stereocenters. The summed E-state index contributed by atoms with van der Waals surface area (Å²) in [5, 5.41) is 8.73. The van der Waals surface area contributed by atoms with Gasteiger partial charge in [-0.05, 0) is 61.4 Å². The van der Waals surface area contributed by atoms with E-state index in [0.29, 0.717) is 30.3 Å². The third-order valence-electron chi connectivity index (χ3n) is 4.43. The minimum atomic E-state index is -0.405. The van der Waals surface area contributed by atoms with Crippen molar-refractivity contribution in [2.75, 3.05) is 20.3 Å². The normalized spacial score (nSPS) is 10.5. The van der Waals surface area contributed by atoms with Gasteiger partial charge in [0.2, 0.25) is 0 Å². The number of aliphatic hydroxyl groups excluding tert-OH is 1. The second-order valence-corrected chi connectivity index (χ2v) is 6.64. The number of carbonyl (C=O) groups excluding carboxylic acids is 1. The van der Waals surface area contributed by atoms with Crippen LogP contribution < -0.4 is 14.2 Å². The van der Waals surface area contributed by atoms with Crippen molar-refractivity contribution in [1.29, 1.82) is 0 Å². The van der Waals surface area contributed by atoms with Gasteiger partial charge in [0.25, 0.3) is 0 Å². The molecule has 0 radical (unpaired) electrons. The van der Waals surface area contributed by atoms with E-state index in [1.807, 2.05) is 0 Å². The SMILES string of the molecule is COc1ccc(OC(=O)c2ccc(OCCCCCCCCCO)cc2)cc1. The van der Waals surface area contributed by atoms with Crippen molar-refractivity contribution in [2.45, 2.75) is 44.9 Å². The van der Waals surface area contributed by atoms with Crippen molar-refractivity contribution >= 4 is 5.97 Å². The Hall–Kier alpha value is -2.53. The van der Waals surface area contributed by atoms with E-state index in [2.05, 4.69) is 0 Å². The van der Waals surface area contributed by atoms with Gasteiger partial charge >= 0.3 is 5.97 Å². The van der Waals surface area contributed by atoms with Crippen molar-refractivity contribution in [3.05, 3.63) is 54.1 Å². The third-order valence-corrected chi connectivity index (χ3v) is 4.43. The molecule has 2 aromatic rings. The first-order valence-electron chi connectivity index (χ1n) is 9.93. The number of esters is 1. The summed E-state index contributed by atoms with van der Waals surface area (Å²) in [6.07, 6.45) is 7.78. The molecule has 0 unspecified atom stereocenters. The number of unbranched alkanes of at least 4 members (excludes halogenated alkanes) is 6. The van der Waals surface area contributed by atoms with Gasteiger partial charge in [-0.25, -0.2) is 4.79 Å². The van der Waals surface area contributed by atoms with E-state index < -0.39 is 5.97 Å². The standard InChI is InChI=1S/C23H30O5/c1-26-20-13-15-22(16-14-20)28-23(25)19-9-11-21(12-10-19)27-18-8-6-4-2-3-5-7-17-24/h9-16,24H,2-8,17-18H2,1H3. The highest BCUT2D eigenvalue weighted by Crippen LogP contribution is 2.19. The number of hydrogen-bond donors (Lipinski definition) is 1. The van der Waals surface area contributed by atoms with Crippen LogP contribution in [0.4, 0.5) is 0 Å². The smallest absolute Gasteiger partial charge is 0.343 e. The van der Waals surface area contributed by atoms with Gasteiger partial charge in [-0.15, -0.1) is 0 Å². The topological polar surface area (TPSA) is 65.0 Å². The number of benzene rings is 2. The summed E-state index contributed by atoms with van der Waals surface area (Å²) in [6, 6.07) is 13.9. The summed E-state index contributed by atoms with van der Waals surface area (Å²) in [7, 11) is 1.59. The van der Waals surface area contributed by atoms with E-state index in [4.69, 9.17) is 19.3 Å². The molecule has 5 heteroatoms. The monoisotopic (exact) mass is 386 g/mol. The highest BCUT2D eigenvalue weighted by molar-refractivity contribution is 5.91. The van der Waals surface area contributed by atoms with E-state index in [1.165, 1.54) is 19.3 Å². The largest absolute Gasteiger partial charge is 0.497 e. The molecule has 0 aromatic heterocycles. The summed E-state index contributed by atoms with van der Waals surface area (Å²) in [4.78, 5) is 12.2. The molecule has 0 bridgehead atoms. The van der Waals surface area contributed by atoms with Crippen LogP contribution in [0.3, 0.4) is 0 Å². The molecule has 0 aliphatic heterocycles. The van der Waals surface area contributed by atoms with Crippen molar-refractivity contribution < 1.29 is 24.1 Å². The number of ether oxygens (including phenoxy) is 3. The van der Waals surface area contributed by atoms with Crippen LogP contribution in [0, 0.1) is 0 Å². The van der Waals surface area contributed by atoms with Crippen LogP contribution in [0.25, 0.3) is 0 Å². The Morgan fingerprint density at radius 1 is 0.750 bits per heavy atom. The fraction of sp³-hybridized carbons (Fsp3) is 0.435. The third kappa shape index (κ3) is 8.01. The first-order chi connectivity index (χ1) is 13.7. The second-order valence-electron chi connectivity index (χ2n) is 6.64. The molecule has 0 fully saturated rings. The zero-order valence-electron chi connectivity index (χ0n) is 16.6. The molecular formula is C23H30O5. The zero-order chi connectivity index (χ0) is 20.0. The summed E-state index contributed by atoms with van der Waals surface area (Å²) in [6.45, 7) is 0.970. The summed E-state index contributed by atoms with van der Waals surface area (Å²) in [5.74, 6) is 1.53. The van der Waals surface area contributed by atoms with Crippen LogP contribution in [0.15, 0.2) is 48.5 Å². The van der Waals surface area contributed by atoms with Crippen LogP contribution in [-0.2, 0) is 0 Å². The summed E-state index contributed by atoms with van der Waals surface area (Å²) >= 11 is 0. The lowest BCUT2D eigenvalue weighted by molar-refractivity contribution is 0.0734. The van der Waals surface area contributed by atoms with Crippen LogP contribution >= 0.6 is 0 Å². The lowest BCUT2D eigenvalue weighted by Crippen LogP contribution is -2.08.